The largest absolute Gasteiger partial charge is 0.352 e. The highest BCUT2D eigenvalue weighted by Gasteiger charge is 2.17. The molecule has 20 heavy (non-hydrogen) atoms. The van der Waals surface area contributed by atoms with Gasteiger partial charge in [-0.3, -0.25) is 4.79 Å². The highest BCUT2D eigenvalue weighted by Crippen LogP contribution is 2.14. The maximum absolute atomic E-state index is 13.0. The van der Waals surface area contributed by atoms with Crippen LogP contribution in [-0.2, 0) is 0 Å². The Labute approximate surface area is 121 Å². The Bertz CT molecular complexity index is 456. The number of hydrogen-bond acceptors (Lipinski definition) is 2. The number of carbonyl (C=O) groups is 1. The molecule has 0 aliphatic carbocycles. The van der Waals surface area contributed by atoms with Crippen molar-refractivity contribution < 1.29 is 18.0 Å². The topological polar surface area (TPSA) is 41.1 Å². The zero-order chi connectivity index (χ0) is 13.8. The van der Waals surface area contributed by atoms with Gasteiger partial charge in [-0.1, -0.05) is 0 Å². The van der Waals surface area contributed by atoms with E-state index in [1.165, 1.54) is 0 Å². The second kappa shape index (κ2) is 7.50. The van der Waals surface area contributed by atoms with Crippen LogP contribution in [0.15, 0.2) is 12.1 Å². The first-order chi connectivity index (χ1) is 9.08. The van der Waals surface area contributed by atoms with E-state index in [0.717, 1.165) is 25.9 Å². The van der Waals surface area contributed by atoms with Crippen molar-refractivity contribution >= 4 is 18.3 Å². The number of nitrogens with one attached hydrogen (secondary N) is 2. The van der Waals surface area contributed by atoms with Gasteiger partial charge in [-0.25, -0.2) is 13.2 Å². The third kappa shape index (κ3) is 4.11. The second-order valence-electron chi connectivity index (χ2n) is 4.68. The van der Waals surface area contributed by atoms with Crippen molar-refractivity contribution in [2.75, 3.05) is 19.6 Å². The van der Waals surface area contributed by atoms with Gasteiger partial charge >= 0.3 is 0 Å². The summed E-state index contributed by atoms with van der Waals surface area (Å²) in [6.07, 6.45) is 2.04. The molecule has 1 heterocycles. The van der Waals surface area contributed by atoms with E-state index in [1.54, 1.807) is 0 Å². The first-order valence-corrected chi connectivity index (χ1v) is 6.21. The Morgan fingerprint density at radius 1 is 1.30 bits per heavy atom. The monoisotopic (exact) mass is 308 g/mol. The average molecular weight is 309 g/mol. The molecule has 3 nitrogen and oxygen atoms in total. The summed E-state index contributed by atoms with van der Waals surface area (Å²) >= 11 is 0. The molecule has 112 valence electrons. The lowest BCUT2D eigenvalue weighted by Gasteiger charge is -2.22. The Hall–Kier alpha value is -1.27. The molecule has 2 rings (SSSR count). The molecule has 1 amide bonds. The van der Waals surface area contributed by atoms with Gasteiger partial charge in [0.05, 0.1) is 0 Å². The van der Waals surface area contributed by atoms with Crippen molar-refractivity contribution in [3.05, 3.63) is 35.1 Å². The first kappa shape index (κ1) is 16.8. The molecular weight excluding hydrogens is 293 g/mol. The SMILES string of the molecule is Cl.O=C(NCC1CCCNC1)c1cc(F)c(F)c(F)c1. The van der Waals surface area contributed by atoms with Gasteiger partial charge in [-0.2, -0.15) is 0 Å². The van der Waals surface area contributed by atoms with Gasteiger partial charge in [-0.05, 0) is 44.0 Å². The zero-order valence-corrected chi connectivity index (χ0v) is 11.5. The van der Waals surface area contributed by atoms with Crippen LogP contribution in [0.25, 0.3) is 0 Å². The minimum absolute atomic E-state index is 0. The van der Waals surface area contributed by atoms with Gasteiger partial charge in [0, 0.05) is 12.1 Å². The summed E-state index contributed by atoms with van der Waals surface area (Å²) in [4.78, 5) is 11.7. The van der Waals surface area contributed by atoms with E-state index in [-0.39, 0.29) is 18.0 Å². The first-order valence-electron chi connectivity index (χ1n) is 6.21. The number of amides is 1. The zero-order valence-electron chi connectivity index (χ0n) is 10.7. The van der Waals surface area contributed by atoms with E-state index in [4.69, 9.17) is 0 Å². The van der Waals surface area contributed by atoms with E-state index in [9.17, 15) is 18.0 Å². The fourth-order valence-corrected chi connectivity index (χ4v) is 2.12. The van der Waals surface area contributed by atoms with Crippen molar-refractivity contribution in [2.45, 2.75) is 12.8 Å². The highest BCUT2D eigenvalue weighted by molar-refractivity contribution is 5.94. The predicted octanol–water partition coefficient (Wildman–Crippen LogP) is 2.26. The normalized spacial score (nSPS) is 18.2. The lowest BCUT2D eigenvalue weighted by atomic mass is 9.99. The van der Waals surface area contributed by atoms with E-state index in [1.807, 2.05) is 0 Å². The molecule has 0 aromatic heterocycles. The van der Waals surface area contributed by atoms with Gasteiger partial charge in [-0.15, -0.1) is 12.4 Å². The van der Waals surface area contributed by atoms with Gasteiger partial charge in [0.2, 0.25) is 0 Å². The Kier molecular flexibility index (Phi) is 6.29. The molecule has 1 aliphatic heterocycles. The molecule has 1 aromatic carbocycles. The number of halogens is 4. The summed E-state index contributed by atoms with van der Waals surface area (Å²) in [6.45, 7) is 2.22. The lowest BCUT2D eigenvalue weighted by molar-refractivity contribution is 0.0943. The summed E-state index contributed by atoms with van der Waals surface area (Å²) in [5, 5.41) is 5.81. The second-order valence-corrected chi connectivity index (χ2v) is 4.68. The molecule has 1 atom stereocenters. The third-order valence-electron chi connectivity index (χ3n) is 3.20. The van der Waals surface area contributed by atoms with Crippen molar-refractivity contribution in [1.82, 2.24) is 10.6 Å². The fraction of sp³-hybridized carbons (Fsp3) is 0.462. The van der Waals surface area contributed by atoms with E-state index < -0.39 is 23.4 Å². The Morgan fingerprint density at radius 3 is 2.50 bits per heavy atom. The van der Waals surface area contributed by atoms with Crippen molar-refractivity contribution in [3.63, 3.8) is 0 Å². The maximum Gasteiger partial charge on any atom is 0.251 e. The Morgan fingerprint density at radius 2 is 1.95 bits per heavy atom. The van der Waals surface area contributed by atoms with Gasteiger partial charge in [0.1, 0.15) is 0 Å². The number of benzene rings is 1. The molecule has 2 N–H and O–H groups in total. The van der Waals surface area contributed by atoms with E-state index in [0.29, 0.717) is 24.6 Å². The average Bonchev–Trinajstić information content (AvgIpc) is 2.42. The highest BCUT2D eigenvalue weighted by atomic mass is 35.5. The minimum Gasteiger partial charge on any atom is -0.352 e. The van der Waals surface area contributed by atoms with Crippen molar-refractivity contribution in [3.8, 4) is 0 Å². The molecule has 0 bridgehead atoms. The summed E-state index contributed by atoms with van der Waals surface area (Å²) in [5.74, 6) is -4.56. The smallest absolute Gasteiger partial charge is 0.251 e. The standard InChI is InChI=1S/C13H15F3N2O.ClH/c14-10-4-9(5-11(15)12(10)16)13(19)18-7-8-2-1-3-17-6-8;/h4-5,8,17H,1-3,6-7H2,(H,18,19);1H. The number of hydrogen-bond donors (Lipinski definition) is 2. The van der Waals surface area contributed by atoms with Crippen LogP contribution >= 0.6 is 12.4 Å². The summed E-state index contributed by atoms with van der Waals surface area (Å²) in [6, 6.07) is 1.40. The lowest BCUT2D eigenvalue weighted by Crippen LogP contribution is -2.38. The Balaban J connectivity index is 0.00000200. The summed E-state index contributed by atoms with van der Waals surface area (Å²) in [5.41, 5.74) is -0.208. The predicted molar refractivity (Wildman–Crippen MR) is 71.5 cm³/mol. The summed E-state index contributed by atoms with van der Waals surface area (Å²) < 4.78 is 38.7. The molecule has 1 fully saturated rings. The van der Waals surface area contributed by atoms with Crippen molar-refractivity contribution in [1.29, 1.82) is 0 Å². The minimum atomic E-state index is -1.56. The summed E-state index contributed by atoms with van der Waals surface area (Å²) in [7, 11) is 0. The van der Waals surface area contributed by atoms with Crippen LogP contribution in [0, 0.1) is 23.4 Å². The number of piperidine rings is 1. The number of rotatable bonds is 3. The van der Waals surface area contributed by atoms with Crippen LogP contribution in [0.1, 0.15) is 23.2 Å². The molecule has 0 saturated carbocycles. The molecule has 7 heteroatoms. The van der Waals surface area contributed by atoms with E-state index in [2.05, 4.69) is 10.6 Å². The van der Waals surface area contributed by atoms with Crippen LogP contribution in [0.3, 0.4) is 0 Å². The molecule has 0 spiro atoms. The maximum atomic E-state index is 13.0. The van der Waals surface area contributed by atoms with Crippen LogP contribution in [0.4, 0.5) is 13.2 Å². The third-order valence-corrected chi connectivity index (χ3v) is 3.20. The quantitative estimate of drug-likeness (QED) is 0.841. The van der Waals surface area contributed by atoms with Crippen LogP contribution < -0.4 is 10.6 Å². The fourth-order valence-electron chi connectivity index (χ4n) is 2.12. The van der Waals surface area contributed by atoms with Crippen LogP contribution in [0.5, 0.6) is 0 Å². The van der Waals surface area contributed by atoms with Gasteiger partial charge in [0.25, 0.3) is 5.91 Å². The molecule has 1 aliphatic rings. The molecule has 0 radical (unpaired) electrons. The molecule has 1 unspecified atom stereocenters. The van der Waals surface area contributed by atoms with Crippen LogP contribution in [-0.4, -0.2) is 25.5 Å². The molecule has 1 saturated heterocycles. The molecular formula is C13H16ClF3N2O. The van der Waals surface area contributed by atoms with E-state index >= 15 is 0 Å². The number of carbonyl (C=O) groups excluding carboxylic acids is 1. The van der Waals surface area contributed by atoms with Gasteiger partial charge < -0.3 is 10.6 Å². The van der Waals surface area contributed by atoms with Gasteiger partial charge in [0.15, 0.2) is 17.5 Å². The van der Waals surface area contributed by atoms with Crippen molar-refractivity contribution in [2.24, 2.45) is 5.92 Å². The van der Waals surface area contributed by atoms with Crippen LogP contribution in [0.2, 0.25) is 0 Å². The molecule has 1 aromatic rings.